The van der Waals surface area contributed by atoms with Gasteiger partial charge in [-0.1, -0.05) is 32.0 Å². The highest BCUT2D eigenvalue weighted by molar-refractivity contribution is 6.23. The molecule has 1 aliphatic rings. The maximum atomic E-state index is 13.7. The molecule has 0 radical (unpaired) electrons. The molecule has 1 N–H and O–H groups in total. The fourth-order valence-electron chi connectivity index (χ4n) is 3.07. The summed E-state index contributed by atoms with van der Waals surface area (Å²) in [5.74, 6) is -2.26. The van der Waals surface area contributed by atoms with Crippen molar-refractivity contribution in [2.24, 2.45) is 5.92 Å². The monoisotopic (exact) mass is 354 g/mol. The smallest absolute Gasteiger partial charge is 0.262 e. The Labute approximate surface area is 150 Å². The summed E-state index contributed by atoms with van der Waals surface area (Å²) in [7, 11) is 0. The number of carbonyl (C=O) groups is 3. The number of hydrogen-bond acceptors (Lipinski definition) is 3. The van der Waals surface area contributed by atoms with Crippen molar-refractivity contribution in [3.8, 4) is 0 Å². The number of halogens is 1. The summed E-state index contributed by atoms with van der Waals surface area (Å²) in [4.78, 5) is 39.1. The molecular weight excluding hydrogens is 335 g/mol. The summed E-state index contributed by atoms with van der Waals surface area (Å²) in [6, 6.07) is 9.84. The largest absolute Gasteiger partial charge is 0.324 e. The summed E-state index contributed by atoms with van der Waals surface area (Å²) in [5.41, 5.74) is 1.32. The molecule has 2 aromatic rings. The lowest BCUT2D eigenvalue weighted by atomic mass is 10.0. The van der Waals surface area contributed by atoms with Crippen LogP contribution in [0, 0.1) is 18.7 Å². The van der Waals surface area contributed by atoms with Crippen molar-refractivity contribution in [3.63, 3.8) is 0 Å². The Kier molecular flexibility index (Phi) is 4.59. The predicted octanol–water partition coefficient (Wildman–Crippen LogP) is 3.39. The van der Waals surface area contributed by atoms with Crippen LogP contribution in [0.2, 0.25) is 0 Å². The molecule has 0 aliphatic carbocycles. The first-order valence-electron chi connectivity index (χ1n) is 8.35. The summed E-state index contributed by atoms with van der Waals surface area (Å²) in [5, 5.41) is 2.61. The molecule has 26 heavy (non-hydrogen) atoms. The fourth-order valence-corrected chi connectivity index (χ4v) is 3.07. The molecule has 1 unspecified atom stereocenters. The lowest BCUT2D eigenvalue weighted by Gasteiger charge is -2.28. The molecule has 0 saturated heterocycles. The van der Waals surface area contributed by atoms with Crippen molar-refractivity contribution < 1.29 is 18.8 Å². The van der Waals surface area contributed by atoms with E-state index in [9.17, 15) is 18.8 Å². The van der Waals surface area contributed by atoms with E-state index in [1.807, 2.05) is 0 Å². The van der Waals surface area contributed by atoms with Crippen LogP contribution in [0.4, 0.5) is 10.1 Å². The van der Waals surface area contributed by atoms with E-state index >= 15 is 0 Å². The fraction of sp³-hybridized carbons (Fsp3) is 0.250. The number of carbonyl (C=O) groups excluding carboxylic acids is 3. The Hall–Kier alpha value is -3.02. The van der Waals surface area contributed by atoms with Crippen molar-refractivity contribution in [1.29, 1.82) is 0 Å². The zero-order valence-electron chi connectivity index (χ0n) is 14.7. The van der Waals surface area contributed by atoms with Gasteiger partial charge in [0.05, 0.1) is 11.1 Å². The highest BCUT2D eigenvalue weighted by Crippen LogP contribution is 2.28. The van der Waals surface area contributed by atoms with Gasteiger partial charge < -0.3 is 5.32 Å². The lowest BCUT2D eigenvalue weighted by Crippen LogP contribution is -2.50. The summed E-state index contributed by atoms with van der Waals surface area (Å²) in [6.07, 6.45) is 0. The van der Waals surface area contributed by atoms with Gasteiger partial charge in [0.25, 0.3) is 11.8 Å². The molecule has 3 rings (SSSR count). The van der Waals surface area contributed by atoms with Gasteiger partial charge in [-0.15, -0.1) is 0 Å². The molecule has 2 aromatic carbocycles. The third-order valence-corrected chi connectivity index (χ3v) is 4.44. The third kappa shape index (κ3) is 2.98. The molecule has 1 aliphatic heterocycles. The first kappa shape index (κ1) is 17.8. The van der Waals surface area contributed by atoms with Crippen LogP contribution in [0.3, 0.4) is 0 Å². The minimum atomic E-state index is -0.994. The topological polar surface area (TPSA) is 66.5 Å². The number of aryl methyl sites for hydroxylation is 1. The summed E-state index contributed by atoms with van der Waals surface area (Å²) in [6.45, 7) is 5.13. The van der Waals surface area contributed by atoms with Crippen LogP contribution >= 0.6 is 0 Å². The van der Waals surface area contributed by atoms with Gasteiger partial charge in [0, 0.05) is 5.69 Å². The zero-order valence-corrected chi connectivity index (χ0v) is 14.7. The Morgan fingerprint density at radius 3 is 2.12 bits per heavy atom. The zero-order chi connectivity index (χ0) is 19.0. The lowest BCUT2D eigenvalue weighted by molar-refractivity contribution is -0.121. The van der Waals surface area contributed by atoms with Crippen LogP contribution in [0.1, 0.15) is 40.1 Å². The maximum Gasteiger partial charge on any atom is 0.262 e. The van der Waals surface area contributed by atoms with Crippen LogP contribution in [-0.4, -0.2) is 28.7 Å². The highest BCUT2D eigenvalue weighted by atomic mass is 19.1. The minimum absolute atomic E-state index is 0.278. The van der Waals surface area contributed by atoms with Crippen molar-refractivity contribution >= 4 is 23.4 Å². The first-order valence-corrected chi connectivity index (χ1v) is 8.35. The molecule has 0 fully saturated rings. The molecule has 1 heterocycles. The van der Waals surface area contributed by atoms with Crippen molar-refractivity contribution in [3.05, 3.63) is 65.0 Å². The number of fused-ring (bicyclic) bond motifs is 1. The maximum absolute atomic E-state index is 13.7. The van der Waals surface area contributed by atoms with Gasteiger partial charge in [-0.05, 0) is 42.7 Å². The van der Waals surface area contributed by atoms with Gasteiger partial charge in [-0.3, -0.25) is 19.3 Å². The number of nitrogens with zero attached hydrogens (tertiary/aromatic N) is 1. The van der Waals surface area contributed by atoms with Crippen LogP contribution in [0.25, 0.3) is 0 Å². The van der Waals surface area contributed by atoms with E-state index < -0.39 is 29.6 Å². The van der Waals surface area contributed by atoms with E-state index in [4.69, 9.17) is 0 Å². The molecule has 134 valence electrons. The molecule has 6 heteroatoms. The van der Waals surface area contributed by atoms with Crippen molar-refractivity contribution in [2.75, 3.05) is 5.32 Å². The number of nitrogens with one attached hydrogen (secondary N) is 1. The predicted molar refractivity (Wildman–Crippen MR) is 95.3 cm³/mol. The number of hydrogen-bond donors (Lipinski definition) is 1. The number of rotatable bonds is 4. The quantitative estimate of drug-likeness (QED) is 0.856. The Morgan fingerprint density at radius 1 is 1.04 bits per heavy atom. The van der Waals surface area contributed by atoms with Gasteiger partial charge >= 0.3 is 0 Å². The minimum Gasteiger partial charge on any atom is -0.324 e. The molecule has 3 amide bonds. The molecule has 0 bridgehead atoms. The first-order chi connectivity index (χ1) is 12.3. The second-order valence-electron chi connectivity index (χ2n) is 6.67. The molecule has 0 aromatic heterocycles. The van der Waals surface area contributed by atoms with E-state index in [0.717, 1.165) is 4.90 Å². The second-order valence-corrected chi connectivity index (χ2v) is 6.67. The van der Waals surface area contributed by atoms with E-state index in [0.29, 0.717) is 5.56 Å². The van der Waals surface area contributed by atoms with Crippen LogP contribution in [0.5, 0.6) is 0 Å². The summed E-state index contributed by atoms with van der Waals surface area (Å²) >= 11 is 0. The number of imide groups is 1. The average molecular weight is 354 g/mol. The van der Waals surface area contributed by atoms with Gasteiger partial charge in [0.15, 0.2) is 0 Å². The van der Waals surface area contributed by atoms with Crippen molar-refractivity contribution in [1.82, 2.24) is 4.90 Å². The van der Waals surface area contributed by atoms with E-state index in [2.05, 4.69) is 5.32 Å². The van der Waals surface area contributed by atoms with Crippen LogP contribution in [0.15, 0.2) is 42.5 Å². The molecule has 1 atom stereocenters. The van der Waals surface area contributed by atoms with Crippen LogP contribution < -0.4 is 5.32 Å². The van der Waals surface area contributed by atoms with E-state index in [1.165, 1.54) is 6.07 Å². The van der Waals surface area contributed by atoms with E-state index in [1.54, 1.807) is 57.2 Å². The van der Waals surface area contributed by atoms with E-state index in [-0.39, 0.29) is 22.7 Å². The number of anilines is 1. The normalized spacial score (nSPS) is 14.6. The molecule has 0 saturated carbocycles. The Morgan fingerprint density at radius 2 is 1.62 bits per heavy atom. The van der Waals surface area contributed by atoms with Gasteiger partial charge in [-0.25, -0.2) is 4.39 Å². The van der Waals surface area contributed by atoms with Crippen molar-refractivity contribution in [2.45, 2.75) is 26.8 Å². The average Bonchev–Trinajstić information content (AvgIpc) is 2.84. The second kappa shape index (κ2) is 6.71. The number of amides is 3. The Balaban J connectivity index is 1.90. The molecule has 0 spiro atoms. The Bertz CT molecular complexity index is 873. The summed E-state index contributed by atoms with van der Waals surface area (Å²) < 4.78 is 13.7. The highest BCUT2D eigenvalue weighted by Gasteiger charge is 2.43. The van der Waals surface area contributed by atoms with Gasteiger partial charge in [0.2, 0.25) is 5.91 Å². The third-order valence-electron chi connectivity index (χ3n) is 4.44. The standard InChI is InChI=1S/C20H19FN2O3/c1-11(2)17(18(24)22-13-9-8-12(3)16(21)10-13)23-19(25)14-6-4-5-7-15(14)20(23)26/h4-11,17H,1-3H3,(H,22,24). The van der Waals surface area contributed by atoms with Gasteiger partial charge in [0.1, 0.15) is 11.9 Å². The number of benzene rings is 2. The van der Waals surface area contributed by atoms with Gasteiger partial charge in [-0.2, -0.15) is 0 Å². The molecular formula is C20H19FN2O3. The molecule has 5 nitrogen and oxygen atoms in total. The SMILES string of the molecule is Cc1ccc(NC(=O)C(C(C)C)N2C(=O)c3ccccc3C2=O)cc1F. The van der Waals surface area contributed by atoms with Crippen LogP contribution in [-0.2, 0) is 4.79 Å².